The van der Waals surface area contributed by atoms with Crippen LogP contribution in [0.25, 0.3) is 16.3 Å². The molecule has 0 N–H and O–H groups in total. The third kappa shape index (κ3) is 3.23. The number of allylic oxidation sites excluding steroid dienone is 2. The molecule has 0 amide bonds. The molecule has 0 aromatic carbocycles. The molecular weight excluding hydrogens is 478 g/mol. The average Bonchev–Trinajstić information content (AvgIpc) is 3.12. The molecule has 2 aromatic heterocycles. The molecule has 2 aromatic rings. The Kier molecular flexibility index (Phi) is 4.90. The van der Waals surface area contributed by atoms with E-state index in [-0.39, 0.29) is 0 Å². The molecule has 0 bridgehead atoms. The minimum absolute atomic E-state index is 1.04. The fraction of sp³-hybridized carbons (Fsp3) is 0.353. The molecule has 0 saturated heterocycles. The van der Waals surface area contributed by atoms with Crippen molar-refractivity contribution >= 4 is 21.0 Å². The monoisotopic (exact) mass is 497 g/mol. The van der Waals surface area contributed by atoms with E-state index in [1.807, 2.05) is 24.9 Å². The van der Waals surface area contributed by atoms with Crippen LogP contribution < -0.4 is 0 Å². The van der Waals surface area contributed by atoms with E-state index in [4.69, 9.17) is 4.74 Å². The zero-order valence-corrected chi connectivity index (χ0v) is 17.5. The van der Waals surface area contributed by atoms with Gasteiger partial charge in [-0.1, -0.05) is 0 Å². The van der Waals surface area contributed by atoms with E-state index in [2.05, 4.69) is 29.2 Å². The van der Waals surface area contributed by atoms with E-state index < -0.39 is 0 Å². The summed E-state index contributed by atoms with van der Waals surface area (Å²) in [5, 5.41) is 5.54. The number of methoxy groups -OCH3 is 1. The number of thiazole rings is 1. The zero-order chi connectivity index (χ0) is 16.6. The molecule has 0 unspecified atom stereocenters. The van der Waals surface area contributed by atoms with Crippen LogP contribution in [0, 0.1) is 13.8 Å². The predicted octanol–water partition coefficient (Wildman–Crippen LogP) is 3.59. The molecule has 1 aliphatic rings. The molecule has 120 valence electrons. The van der Waals surface area contributed by atoms with Crippen molar-refractivity contribution in [3.63, 3.8) is 0 Å². The first-order valence-corrected chi connectivity index (χ1v) is 9.75. The number of aryl methyl sites for hydroxylation is 2. The van der Waals surface area contributed by atoms with Crippen LogP contribution in [-0.2, 0) is 31.1 Å². The summed E-state index contributed by atoms with van der Waals surface area (Å²) in [5.74, 6) is 0. The van der Waals surface area contributed by atoms with Crippen molar-refractivity contribution in [1.29, 1.82) is 0 Å². The molecule has 0 aliphatic heterocycles. The molecule has 3 rings (SSSR count). The zero-order valence-electron chi connectivity index (χ0n) is 13.7. The molecule has 0 radical (unpaired) electrons. The van der Waals surface area contributed by atoms with Crippen LogP contribution in [0.2, 0.25) is 0 Å². The Morgan fingerprint density at radius 1 is 1.39 bits per heavy atom. The summed E-state index contributed by atoms with van der Waals surface area (Å²) in [4.78, 5) is 5.89. The molecule has 6 heteroatoms. The quantitative estimate of drug-likeness (QED) is 0.649. The Morgan fingerprint density at radius 3 is 2.83 bits per heavy atom. The summed E-state index contributed by atoms with van der Waals surface area (Å²) in [6.45, 7) is 4.15. The molecule has 0 atom stereocenters. The van der Waals surface area contributed by atoms with E-state index in [0.717, 1.165) is 33.3 Å². The van der Waals surface area contributed by atoms with Gasteiger partial charge in [0.05, 0.1) is 0 Å². The van der Waals surface area contributed by atoms with Crippen molar-refractivity contribution in [1.82, 2.24) is 14.8 Å². The Balaban J connectivity index is 1.95. The number of hydrogen-bond donors (Lipinski definition) is 0. The van der Waals surface area contributed by atoms with Crippen LogP contribution in [-0.4, -0.2) is 26.0 Å². The van der Waals surface area contributed by atoms with Gasteiger partial charge in [-0.05, 0) is 0 Å². The normalized spacial score (nSPS) is 14.6. The summed E-state index contributed by atoms with van der Waals surface area (Å²) in [6.07, 6.45) is 8.60. The third-order valence-corrected chi connectivity index (χ3v) is 6.60. The Hall–Kier alpha value is -1.16. The Bertz CT molecular complexity index is 829. The van der Waals surface area contributed by atoms with Gasteiger partial charge in [-0.3, -0.25) is 0 Å². The first-order valence-electron chi connectivity index (χ1n) is 7.47. The summed E-state index contributed by atoms with van der Waals surface area (Å²) in [6, 6.07) is 0. The second-order valence-corrected chi connectivity index (χ2v) is 7.93. The Labute approximate surface area is 151 Å². The van der Waals surface area contributed by atoms with Crippen LogP contribution in [0.1, 0.15) is 29.0 Å². The van der Waals surface area contributed by atoms with E-state index in [9.17, 15) is 0 Å². The molecule has 23 heavy (non-hydrogen) atoms. The van der Waals surface area contributed by atoms with Gasteiger partial charge in [0.15, 0.2) is 0 Å². The summed E-state index contributed by atoms with van der Waals surface area (Å²) in [5.41, 5.74) is 5.95. The van der Waals surface area contributed by atoms with Gasteiger partial charge in [0, 0.05) is 0 Å². The van der Waals surface area contributed by atoms with Crippen LogP contribution in [0.3, 0.4) is 0 Å². The standard InChI is InChI=1S/C17H19N3OS.W/c1-11-12(2)19-20(3)16(11)17-18-9-15(22-17)14-7-5-6-13(8-14)10-21-4;/h6,8-9H,5,7H2,1-4H3;. The van der Waals surface area contributed by atoms with Gasteiger partial charge in [0.25, 0.3) is 0 Å². The SMILES string of the molecule is CO[C](=[W])C1=CCCC(c2cnc(-c3c(C)c(C)nn3C)s2)=C1. The molecule has 4 nitrogen and oxygen atoms in total. The molecule has 1 aliphatic carbocycles. The molecule has 0 spiro atoms. The van der Waals surface area contributed by atoms with Gasteiger partial charge in [-0.15, -0.1) is 0 Å². The molecule has 0 fully saturated rings. The van der Waals surface area contributed by atoms with Gasteiger partial charge in [0.1, 0.15) is 0 Å². The topological polar surface area (TPSA) is 39.9 Å². The fourth-order valence-electron chi connectivity index (χ4n) is 2.75. The maximum absolute atomic E-state index is 5.40. The van der Waals surface area contributed by atoms with Crippen LogP contribution in [0.5, 0.6) is 0 Å². The van der Waals surface area contributed by atoms with E-state index in [0.29, 0.717) is 0 Å². The fourth-order valence-corrected chi connectivity index (χ4v) is 4.36. The number of aromatic nitrogens is 3. The molecule has 2 heterocycles. The predicted molar refractivity (Wildman–Crippen MR) is 91.1 cm³/mol. The molecular formula is C17H19N3OSW. The van der Waals surface area contributed by atoms with E-state index in [1.165, 1.54) is 40.9 Å². The number of hydrogen-bond acceptors (Lipinski definition) is 4. The van der Waals surface area contributed by atoms with E-state index >= 15 is 0 Å². The van der Waals surface area contributed by atoms with Crippen molar-refractivity contribution in [2.24, 2.45) is 7.05 Å². The third-order valence-electron chi connectivity index (χ3n) is 4.08. The molecule has 0 saturated carbocycles. The van der Waals surface area contributed by atoms with Crippen molar-refractivity contribution in [2.45, 2.75) is 26.7 Å². The number of ether oxygens (including phenoxy) is 1. The van der Waals surface area contributed by atoms with Gasteiger partial charge >= 0.3 is 151 Å². The number of nitrogens with zero attached hydrogens (tertiary/aromatic N) is 3. The van der Waals surface area contributed by atoms with Crippen molar-refractivity contribution in [3.8, 4) is 10.7 Å². The summed E-state index contributed by atoms with van der Waals surface area (Å²) in [7, 11) is 3.72. The van der Waals surface area contributed by atoms with E-state index in [1.54, 1.807) is 18.4 Å². The first kappa shape index (κ1) is 16.7. The van der Waals surface area contributed by atoms with Crippen LogP contribution in [0.15, 0.2) is 23.9 Å². The second-order valence-electron chi connectivity index (χ2n) is 5.57. The summed E-state index contributed by atoms with van der Waals surface area (Å²) >= 11 is 3.10. The van der Waals surface area contributed by atoms with Gasteiger partial charge in [0.2, 0.25) is 0 Å². The maximum atomic E-state index is 5.40. The van der Waals surface area contributed by atoms with Crippen LogP contribution in [0.4, 0.5) is 0 Å². The van der Waals surface area contributed by atoms with Crippen molar-refractivity contribution in [3.05, 3.63) is 40.1 Å². The minimum atomic E-state index is 1.04. The van der Waals surface area contributed by atoms with Gasteiger partial charge < -0.3 is 0 Å². The van der Waals surface area contributed by atoms with Crippen molar-refractivity contribution < 1.29 is 24.1 Å². The van der Waals surface area contributed by atoms with Gasteiger partial charge in [-0.2, -0.15) is 0 Å². The van der Waals surface area contributed by atoms with Gasteiger partial charge in [-0.25, -0.2) is 0 Å². The van der Waals surface area contributed by atoms with Crippen LogP contribution >= 0.6 is 11.3 Å². The average molecular weight is 497 g/mol. The second kappa shape index (κ2) is 6.76. The Morgan fingerprint density at radius 2 is 2.17 bits per heavy atom. The number of rotatable bonds is 4. The first-order chi connectivity index (χ1) is 11.0. The summed E-state index contributed by atoms with van der Waals surface area (Å²) < 4.78 is 8.38. The van der Waals surface area contributed by atoms with Crippen molar-refractivity contribution in [2.75, 3.05) is 7.11 Å².